The van der Waals surface area contributed by atoms with Crippen molar-refractivity contribution in [3.05, 3.63) is 29.3 Å². The number of aldehydes is 1. The molecule has 0 aromatic heterocycles. The molecule has 0 fully saturated rings. The lowest BCUT2D eigenvalue weighted by molar-refractivity contribution is 0.0954. The molecule has 0 bridgehead atoms. The minimum Gasteiger partial charge on any atom is -0.493 e. The largest absolute Gasteiger partial charge is 0.493 e. The van der Waals surface area contributed by atoms with Gasteiger partial charge < -0.3 is 9.47 Å². The van der Waals surface area contributed by atoms with Crippen LogP contribution in [-0.4, -0.2) is 26.1 Å². The number of hydrogen-bond donors (Lipinski definition) is 0. The average molecular weight is 222 g/mol. The molecule has 16 heavy (non-hydrogen) atoms. The van der Waals surface area contributed by atoms with Gasteiger partial charge in [0.25, 0.3) is 0 Å². The van der Waals surface area contributed by atoms with Crippen molar-refractivity contribution in [2.24, 2.45) is 0 Å². The molecule has 1 atom stereocenters. The minimum absolute atomic E-state index is 0.203. The van der Waals surface area contributed by atoms with Crippen molar-refractivity contribution in [3.8, 4) is 5.75 Å². The van der Waals surface area contributed by atoms with E-state index in [0.29, 0.717) is 12.2 Å². The van der Waals surface area contributed by atoms with Crippen LogP contribution in [0.3, 0.4) is 0 Å². The molecule has 0 spiro atoms. The van der Waals surface area contributed by atoms with Gasteiger partial charge >= 0.3 is 0 Å². The van der Waals surface area contributed by atoms with E-state index in [2.05, 4.69) is 0 Å². The van der Waals surface area contributed by atoms with Crippen molar-refractivity contribution < 1.29 is 14.3 Å². The van der Waals surface area contributed by atoms with Crippen LogP contribution in [0.2, 0.25) is 0 Å². The molecule has 1 aromatic rings. The molecule has 0 aliphatic carbocycles. The fourth-order valence-corrected chi connectivity index (χ4v) is 1.36. The molecule has 1 rings (SSSR count). The van der Waals surface area contributed by atoms with Crippen LogP contribution < -0.4 is 4.74 Å². The molecule has 0 amide bonds. The second kappa shape index (κ2) is 6.28. The highest BCUT2D eigenvalue weighted by Crippen LogP contribution is 2.18. The van der Waals surface area contributed by atoms with E-state index in [4.69, 9.17) is 9.47 Å². The Morgan fingerprint density at radius 2 is 2.19 bits per heavy atom. The summed E-state index contributed by atoms with van der Waals surface area (Å²) >= 11 is 0. The van der Waals surface area contributed by atoms with Gasteiger partial charge in [0, 0.05) is 19.1 Å². The highest BCUT2D eigenvalue weighted by molar-refractivity contribution is 5.75. The van der Waals surface area contributed by atoms with E-state index in [0.717, 1.165) is 24.0 Å². The van der Waals surface area contributed by atoms with Crippen LogP contribution in [0.1, 0.15) is 29.3 Å². The van der Waals surface area contributed by atoms with Crippen molar-refractivity contribution in [2.75, 3.05) is 13.7 Å². The third-order valence-corrected chi connectivity index (χ3v) is 2.52. The van der Waals surface area contributed by atoms with Crippen molar-refractivity contribution in [1.82, 2.24) is 0 Å². The zero-order chi connectivity index (χ0) is 12.0. The summed E-state index contributed by atoms with van der Waals surface area (Å²) in [6, 6.07) is 5.41. The Labute approximate surface area is 96.4 Å². The summed E-state index contributed by atoms with van der Waals surface area (Å²) < 4.78 is 10.7. The summed E-state index contributed by atoms with van der Waals surface area (Å²) in [5.74, 6) is 0.828. The van der Waals surface area contributed by atoms with Crippen LogP contribution in [0.15, 0.2) is 18.2 Å². The molecule has 0 N–H and O–H groups in total. The summed E-state index contributed by atoms with van der Waals surface area (Å²) in [6.45, 7) is 4.56. The Kier molecular flexibility index (Phi) is 4.99. The molecule has 1 unspecified atom stereocenters. The first kappa shape index (κ1) is 12.7. The Hall–Kier alpha value is -1.35. The number of benzene rings is 1. The lowest BCUT2D eigenvalue weighted by Gasteiger charge is -2.12. The maximum absolute atomic E-state index is 10.6. The van der Waals surface area contributed by atoms with Gasteiger partial charge in [-0.1, -0.05) is 0 Å². The molecule has 1 aromatic carbocycles. The molecule has 0 radical (unpaired) electrons. The van der Waals surface area contributed by atoms with Gasteiger partial charge in [-0.05, 0) is 37.6 Å². The van der Waals surface area contributed by atoms with E-state index in [9.17, 15) is 4.79 Å². The molecule has 0 saturated heterocycles. The van der Waals surface area contributed by atoms with Gasteiger partial charge in [-0.15, -0.1) is 0 Å². The topological polar surface area (TPSA) is 35.5 Å². The second-order valence-corrected chi connectivity index (χ2v) is 3.83. The molecule has 88 valence electrons. The second-order valence-electron chi connectivity index (χ2n) is 3.83. The highest BCUT2D eigenvalue weighted by atomic mass is 16.5. The Morgan fingerprint density at radius 3 is 2.75 bits per heavy atom. The standard InChI is InChI=1S/C13H18O3/c1-10-8-12(9-14)4-5-13(10)16-7-6-11(2)15-3/h4-5,8-9,11H,6-7H2,1-3H3. The van der Waals surface area contributed by atoms with Crippen LogP contribution >= 0.6 is 0 Å². The van der Waals surface area contributed by atoms with E-state index in [1.807, 2.05) is 26.0 Å². The molecule has 0 heterocycles. The first-order valence-corrected chi connectivity index (χ1v) is 5.38. The molecular weight excluding hydrogens is 204 g/mol. The first-order chi connectivity index (χ1) is 7.67. The number of carbonyl (C=O) groups excluding carboxylic acids is 1. The average Bonchev–Trinajstić information content (AvgIpc) is 2.30. The van der Waals surface area contributed by atoms with Crippen molar-refractivity contribution in [2.45, 2.75) is 26.4 Å². The molecule has 0 saturated carbocycles. The van der Waals surface area contributed by atoms with Crippen molar-refractivity contribution >= 4 is 6.29 Å². The fraction of sp³-hybridized carbons (Fsp3) is 0.462. The summed E-state index contributed by atoms with van der Waals surface area (Å²) in [4.78, 5) is 10.6. The zero-order valence-corrected chi connectivity index (χ0v) is 10.0. The zero-order valence-electron chi connectivity index (χ0n) is 10.0. The van der Waals surface area contributed by atoms with Gasteiger partial charge in [0.05, 0.1) is 12.7 Å². The van der Waals surface area contributed by atoms with Crippen LogP contribution in [0.25, 0.3) is 0 Å². The lowest BCUT2D eigenvalue weighted by atomic mass is 10.1. The maximum atomic E-state index is 10.6. The number of rotatable bonds is 6. The van der Waals surface area contributed by atoms with Crippen LogP contribution in [0.5, 0.6) is 5.75 Å². The van der Waals surface area contributed by atoms with Gasteiger partial charge in [-0.3, -0.25) is 4.79 Å². The number of aryl methyl sites for hydroxylation is 1. The van der Waals surface area contributed by atoms with Gasteiger partial charge in [0.15, 0.2) is 0 Å². The van der Waals surface area contributed by atoms with Gasteiger partial charge in [0.2, 0.25) is 0 Å². The fourth-order valence-electron chi connectivity index (χ4n) is 1.36. The normalized spacial score (nSPS) is 12.2. The van der Waals surface area contributed by atoms with Gasteiger partial charge in [-0.2, -0.15) is 0 Å². The molecule has 0 aliphatic rings. The van der Waals surface area contributed by atoms with E-state index >= 15 is 0 Å². The Bertz CT molecular complexity index is 347. The predicted octanol–water partition coefficient (Wildman–Crippen LogP) is 2.61. The number of carbonyl (C=O) groups is 1. The summed E-state index contributed by atoms with van der Waals surface area (Å²) in [5.41, 5.74) is 1.66. The molecular formula is C13H18O3. The lowest BCUT2D eigenvalue weighted by Crippen LogP contribution is -2.10. The van der Waals surface area contributed by atoms with Gasteiger partial charge in [0.1, 0.15) is 12.0 Å². The molecule has 3 nitrogen and oxygen atoms in total. The number of hydrogen-bond acceptors (Lipinski definition) is 3. The minimum atomic E-state index is 0.203. The van der Waals surface area contributed by atoms with Crippen molar-refractivity contribution in [1.29, 1.82) is 0 Å². The summed E-state index contributed by atoms with van der Waals surface area (Å²) in [7, 11) is 1.69. The van der Waals surface area contributed by atoms with Gasteiger partial charge in [-0.25, -0.2) is 0 Å². The van der Waals surface area contributed by atoms with Crippen LogP contribution in [-0.2, 0) is 4.74 Å². The Morgan fingerprint density at radius 1 is 1.44 bits per heavy atom. The predicted molar refractivity (Wildman–Crippen MR) is 63.1 cm³/mol. The van der Waals surface area contributed by atoms with E-state index in [1.165, 1.54) is 0 Å². The quantitative estimate of drug-likeness (QED) is 0.694. The third-order valence-electron chi connectivity index (χ3n) is 2.52. The number of ether oxygens (including phenoxy) is 2. The highest BCUT2D eigenvalue weighted by Gasteiger charge is 2.03. The maximum Gasteiger partial charge on any atom is 0.150 e. The third kappa shape index (κ3) is 3.66. The van der Waals surface area contributed by atoms with E-state index in [1.54, 1.807) is 13.2 Å². The van der Waals surface area contributed by atoms with E-state index in [-0.39, 0.29) is 6.10 Å². The molecule has 3 heteroatoms. The monoisotopic (exact) mass is 222 g/mol. The molecule has 0 aliphatic heterocycles. The summed E-state index contributed by atoms with van der Waals surface area (Å²) in [6.07, 6.45) is 1.89. The first-order valence-electron chi connectivity index (χ1n) is 5.38. The smallest absolute Gasteiger partial charge is 0.150 e. The SMILES string of the molecule is COC(C)CCOc1ccc(C=O)cc1C. The number of methoxy groups -OCH3 is 1. The van der Waals surface area contributed by atoms with Crippen LogP contribution in [0.4, 0.5) is 0 Å². The van der Waals surface area contributed by atoms with Crippen molar-refractivity contribution in [3.63, 3.8) is 0 Å². The summed E-state index contributed by atoms with van der Waals surface area (Å²) in [5, 5.41) is 0. The van der Waals surface area contributed by atoms with E-state index < -0.39 is 0 Å². The Balaban J connectivity index is 2.51. The van der Waals surface area contributed by atoms with Crippen LogP contribution in [0, 0.1) is 6.92 Å².